The van der Waals surface area contributed by atoms with Crippen molar-refractivity contribution in [2.24, 2.45) is 5.73 Å². The predicted octanol–water partition coefficient (Wildman–Crippen LogP) is 2.00. The SMILES string of the molecule is CC1(C)OCC(Nc2ccc(C(N)=O)c(Cl)c2)CO1. The molecule has 1 heterocycles. The molecule has 1 aliphatic rings. The van der Waals surface area contributed by atoms with Crippen molar-refractivity contribution in [2.75, 3.05) is 18.5 Å². The number of ether oxygens (including phenoxy) is 2. The van der Waals surface area contributed by atoms with Crippen molar-refractivity contribution >= 4 is 23.2 Å². The number of halogens is 1. The van der Waals surface area contributed by atoms with Gasteiger partial charge in [-0.2, -0.15) is 0 Å². The van der Waals surface area contributed by atoms with Gasteiger partial charge in [-0.05, 0) is 32.0 Å². The summed E-state index contributed by atoms with van der Waals surface area (Å²) in [6.45, 7) is 4.84. The van der Waals surface area contributed by atoms with Crippen LogP contribution in [0.1, 0.15) is 24.2 Å². The molecule has 1 saturated heterocycles. The Morgan fingerprint density at radius 2 is 2.05 bits per heavy atom. The minimum Gasteiger partial charge on any atom is -0.378 e. The molecular formula is C13H17ClN2O3. The molecule has 3 N–H and O–H groups in total. The van der Waals surface area contributed by atoms with Gasteiger partial charge in [0.1, 0.15) is 0 Å². The number of amides is 1. The first-order valence-electron chi connectivity index (χ1n) is 6.01. The van der Waals surface area contributed by atoms with Crippen LogP contribution in [0.4, 0.5) is 5.69 Å². The zero-order chi connectivity index (χ0) is 14.0. The highest BCUT2D eigenvalue weighted by Crippen LogP contribution is 2.23. The minimum atomic E-state index is -0.539. The first-order valence-corrected chi connectivity index (χ1v) is 6.39. The van der Waals surface area contributed by atoms with Crippen molar-refractivity contribution < 1.29 is 14.3 Å². The van der Waals surface area contributed by atoms with Crippen LogP contribution in [-0.4, -0.2) is 30.9 Å². The van der Waals surface area contributed by atoms with Crippen molar-refractivity contribution in [1.82, 2.24) is 0 Å². The third-order valence-corrected chi connectivity index (χ3v) is 3.18. The van der Waals surface area contributed by atoms with E-state index in [-0.39, 0.29) is 6.04 Å². The molecule has 0 aromatic heterocycles. The molecule has 5 nitrogen and oxygen atoms in total. The number of carbonyl (C=O) groups is 1. The van der Waals surface area contributed by atoms with Gasteiger partial charge in [-0.3, -0.25) is 4.79 Å². The van der Waals surface area contributed by atoms with Crippen LogP contribution >= 0.6 is 11.6 Å². The van der Waals surface area contributed by atoms with Crippen LogP contribution in [0.15, 0.2) is 18.2 Å². The number of nitrogens with one attached hydrogen (secondary N) is 1. The zero-order valence-corrected chi connectivity index (χ0v) is 11.7. The lowest BCUT2D eigenvalue weighted by molar-refractivity contribution is -0.247. The Labute approximate surface area is 117 Å². The lowest BCUT2D eigenvalue weighted by atomic mass is 10.1. The molecule has 0 radical (unpaired) electrons. The zero-order valence-electron chi connectivity index (χ0n) is 10.9. The Morgan fingerprint density at radius 3 is 2.58 bits per heavy atom. The molecule has 0 spiro atoms. The van der Waals surface area contributed by atoms with Crippen LogP contribution in [0.25, 0.3) is 0 Å². The van der Waals surface area contributed by atoms with E-state index in [1.54, 1.807) is 18.2 Å². The maximum Gasteiger partial charge on any atom is 0.250 e. The topological polar surface area (TPSA) is 73.6 Å². The summed E-state index contributed by atoms with van der Waals surface area (Å²) in [7, 11) is 0. The van der Waals surface area contributed by atoms with Crippen molar-refractivity contribution in [2.45, 2.75) is 25.7 Å². The fourth-order valence-electron chi connectivity index (χ4n) is 1.82. The normalized spacial score (nSPS) is 19.1. The molecule has 0 aliphatic carbocycles. The monoisotopic (exact) mass is 284 g/mol. The summed E-state index contributed by atoms with van der Waals surface area (Å²) in [5, 5.41) is 3.57. The van der Waals surface area contributed by atoms with Gasteiger partial charge in [0, 0.05) is 5.69 Å². The van der Waals surface area contributed by atoms with Gasteiger partial charge in [-0.25, -0.2) is 0 Å². The molecule has 2 rings (SSSR count). The summed E-state index contributed by atoms with van der Waals surface area (Å²) in [6.07, 6.45) is 0. The van der Waals surface area contributed by atoms with Gasteiger partial charge in [-0.1, -0.05) is 11.6 Å². The first kappa shape index (κ1) is 14.1. The number of hydrogen-bond donors (Lipinski definition) is 2. The van der Waals surface area contributed by atoms with E-state index in [0.717, 1.165) is 5.69 Å². The lowest BCUT2D eigenvalue weighted by Crippen LogP contribution is -2.45. The summed E-state index contributed by atoms with van der Waals surface area (Å²) in [6, 6.07) is 5.07. The molecule has 0 saturated carbocycles. The molecule has 1 amide bonds. The van der Waals surface area contributed by atoms with E-state index in [1.165, 1.54) is 0 Å². The number of carbonyl (C=O) groups excluding carboxylic acids is 1. The average molecular weight is 285 g/mol. The van der Waals surface area contributed by atoms with Crippen LogP contribution in [-0.2, 0) is 9.47 Å². The van der Waals surface area contributed by atoms with Crippen molar-refractivity contribution in [3.63, 3.8) is 0 Å². The van der Waals surface area contributed by atoms with E-state index >= 15 is 0 Å². The van der Waals surface area contributed by atoms with Crippen LogP contribution in [0.3, 0.4) is 0 Å². The fourth-order valence-corrected chi connectivity index (χ4v) is 2.09. The predicted molar refractivity (Wildman–Crippen MR) is 73.4 cm³/mol. The minimum absolute atomic E-state index is 0.0449. The van der Waals surface area contributed by atoms with Gasteiger partial charge in [-0.15, -0.1) is 0 Å². The maximum atomic E-state index is 11.1. The molecule has 104 valence electrons. The maximum absolute atomic E-state index is 11.1. The molecule has 1 fully saturated rings. The van der Waals surface area contributed by atoms with Gasteiger partial charge in [0.25, 0.3) is 0 Å². The van der Waals surface area contributed by atoms with Gasteiger partial charge in [0.2, 0.25) is 5.91 Å². The second-order valence-electron chi connectivity index (χ2n) is 4.92. The third kappa shape index (κ3) is 3.59. The number of anilines is 1. The highest BCUT2D eigenvalue weighted by atomic mass is 35.5. The van der Waals surface area contributed by atoms with Crippen molar-refractivity contribution in [3.05, 3.63) is 28.8 Å². The largest absolute Gasteiger partial charge is 0.378 e. The number of benzene rings is 1. The molecule has 0 bridgehead atoms. The third-order valence-electron chi connectivity index (χ3n) is 2.87. The summed E-state index contributed by atoms with van der Waals surface area (Å²) >= 11 is 5.98. The van der Waals surface area contributed by atoms with Gasteiger partial charge >= 0.3 is 0 Å². The van der Waals surface area contributed by atoms with Gasteiger partial charge in [0.05, 0.1) is 29.8 Å². The van der Waals surface area contributed by atoms with E-state index in [9.17, 15) is 4.79 Å². The highest BCUT2D eigenvalue weighted by molar-refractivity contribution is 6.34. The van der Waals surface area contributed by atoms with Crippen molar-refractivity contribution in [1.29, 1.82) is 0 Å². The number of rotatable bonds is 3. The molecule has 19 heavy (non-hydrogen) atoms. The summed E-state index contributed by atoms with van der Waals surface area (Å²) in [4.78, 5) is 11.1. The molecule has 0 atom stereocenters. The van der Waals surface area contributed by atoms with Crippen LogP contribution in [0.2, 0.25) is 5.02 Å². The summed E-state index contributed by atoms with van der Waals surface area (Å²) in [5.74, 6) is -1.08. The van der Waals surface area contributed by atoms with E-state index in [2.05, 4.69) is 5.32 Å². The number of nitrogens with two attached hydrogens (primary N) is 1. The standard InChI is InChI=1S/C13H17ClN2O3/c1-13(2)18-6-9(7-19-13)16-8-3-4-10(12(15)17)11(14)5-8/h3-5,9,16H,6-7H2,1-2H3,(H2,15,17). The highest BCUT2D eigenvalue weighted by Gasteiger charge is 2.28. The lowest BCUT2D eigenvalue weighted by Gasteiger charge is -2.35. The van der Waals surface area contributed by atoms with Crippen LogP contribution < -0.4 is 11.1 Å². The van der Waals surface area contributed by atoms with E-state index in [4.69, 9.17) is 26.8 Å². The molecule has 1 aromatic carbocycles. The second-order valence-corrected chi connectivity index (χ2v) is 5.33. The summed E-state index contributed by atoms with van der Waals surface area (Å²) in [5.41, 5.74) is 6.30. The van der Waals surface area contributed by atoms with E-state index in [0.29, 0.717) is 23.8 Å². The quantitative estimate of drug-likeness (QED) is 0.890. The average Bonchev–Trinajstić information content (AvgIpc) is 2.31. The van der Waals surface area contributed by atoms with Crippen LogP contribution in [0, 0.1) is 0 Å². The van der Waals surface area contributed by atoms with Gasteiger partial charge < -0.3 is 20.5 Å². The number of primary amides is 1. The molecular weight excluding hydrogens is 268 g/mol. The smallest absolute Gasteiger partial charge is 0.250 e. The first-order chi connectivity index (χ1) is 8.87. The Morgan fingerprint density at radius 1 is 1.42 bits per heavy atom. The molecule has 0 unspecified atom stereocenters. The van der Waals surface area contributed by atoms with E-state index in [1.807, 2.05) is 13.8 Å². The second kappa shape index (κ2) is 5.36. The molecule has 6 heteroatoms. The Hall–Kier alpha value is -1.30. The number of hydrogen-bond acceptors (Lipinski definition) is 4. The fraction of sp³-hybridized carbons (Fsp3) is 0.462. The molecule has 1 aliphatic heterocycles. The van der Waals surface area contributed by atoms with Crippen molar-refractivity contribution in [3.8, 4) is 0 Å². The molecule has 1 aromatic rings. The van der Waals surface area contributed by atoms with Gasteiger partial charge in [0.15, 0.2) is 5.79 Å². The Balaban J connectivity index is 2.01. The van der Waals surface area contributed by atoms with E-state index < -0.39 is 11.7 Å². The summed E-state index contributed by atoms with van der Waals surface area (Å²) < 4.78 is 11.1. The Bertz CT molecular complexity index is 481. The Kier molecular flexibility index (Phi) is 3.99. The van der Waals surface area contributed by atoms with Crippen LogP contribution in [0.5, 0.6) is 0 Å².